The first-order valence-electron chi connectivity index (χ1n) is 10.8. The summed E-state index contributed by atoms with van der Waals surface area (Å²) in [5, 5.41) is 7.29. The van der Waals surface area contributed by atoms with Crippen LogP contribution in [-0.2, 0) is 4.79 Å². The smallest absolute Gasteiger partial charge is 0.295 e. The summed E-state index contributed by atoms with van der Waals surface area (Å²) in [7, 11) is 1.48. The molecular formula is C24H22N6O4. The maximum absolute atomic E-state index is 13.2. The van der Waals surface area contributed by atoms with Crippen LogP contribution in [0.1, 0.15) is 20.7 Å². The van der Waals surface area contributed by atoms with E-state index in [1.54, 1.807) is 29.3 Å². The Balaban J connectivity index is 1.36. The van der Waals surface area contributed by atoms with E-state index in [-0.39, 0.29) is 24.6 Å². The third-order valence-corrected chi connectivity index (χ3v) is 5.96. The molecule has 4 aromatic rings. The molecule has 0 atom stereocenters. The molecule has 0 aliphatic carbocycles. The average Bonchev–Trinajstić information content (AvgIpc) is 3.58. The van der Waals surface area contributed by atoms with Crippen LogP contribution < -0.4 is 4.74 Å². The first-order valence-corrected chi connectivity index (χ1v) is 10.8. The number of carbonyl (C=O) groups excluding carboxylic acids is 3. The van der Waals surface area contributed by atoms with Gasteiger partial charge in [-0.15, -0.1) is 0 Å². The number of rotatable bonds is 5. The standard InChI is InChI=1S/C24H22N6O4/c1-34-18-14-26-20(17-7-8-27-28-17)21-19(18)16(13-25-21)22(31)24(33)30-11-9-29(10-12-30)23(32)15-5-3-2-4-6-15/h2-8,13-14,25H,9-12H2,1H3,(H,27,28). The Morgan fingerprint density at radius 1 is 1.00 bits per heavy atom. The van der Waals surface area contributed by atoms with E-state index in [2.05, 4.69) is 20.2 Å². The summed E-state index contributed by atoms with van der Waals surface area (Å²) >= 11 is 0. The van der Waals surface area contributed by atoms with Gasteiger partial charge in [-0.2, -0.15) is 5.10 Å². The number of amides is 2. The van der Waals surface area contributed by atoms with Crippen molar-refractivity contribution in [1.82, 2.24) is 30.0 Å². The van der Waals surface area contributed by atoms with Gasteiger partial charge in [-0.1, -0.05) is 18.2 Å². The number of nitrogens with zero attached hydrogens (tertiary/aromatic N) is 4. The van der Waals surface area contributed by atoms with Gasteiger partial charge >= 0.3 is 0 Å². The van der Waals surface area contributed by atoms with Crippen LogP contribution in [-0.4, -0.2) is 80.9 Å². The van der Waals surface area contributed by atoms with Crippen LogP contribution in [0.4, 0.5) is 0 Å². The number of ether oxygens (including phenoxy) is 1. The molecule has 10 nitrogen and oxygen atoms in total. The summed E-state index contributed by atoms with van der Waals surface area (Å²) in [4.78, 5) is 49.6. The molecule has 10 heteroatoms. The summed E-state index contributed by atoms with van der Waals surface area (Å²) in [5.74, 6) is -0.961. The highest BCUT2D eigenvalue weighted by molar-refractivity contribution is 6.45. The van der Waals surface area contributed by atoms with Gasteiger partial charge in [-0.25, -0.2) is 4.98 Å². The van der Waals surface area contributed by atoms with Gasteiger partial charge in [0.05, 0.1) is 35.5 Å². The van der Waals surface area contributed by atoms with E-state index >= 15 is 0 Å². The van der Waals surface area contributed by atoms with Crippen LogP contribution in [0.2, 0.25) is 0 Å². The normalized spacial score (nSPS) is 13.8. The number of Topliss-reactive ketones (excluding diaryl/α,β-unsaturated/α-hetero) is 1. The number of H-pyrrole nitrogens is 2. The molecule has 0 radical (unpaired) electrons. The Kier molecular flexibility index (Phi) is 5.54. The van der Waals surface area contributed by atoms with Crippen molar-refractivity contribution in [2.45, 2.75) is 0 Å². The minimum Gasteiger partial charge on any atom is -0.494 e. The SMILES string of the molecule is COc1cnc(-c2ccn[nH]2)c2[nH]cc(C(=O)C(=O)N3CCN(C(=O)c4ccccc4)CC3)c12. The predicted molar refractivity (Wildman–Crippen MR) is 123 cm³/mol. The van der Waals surface area contributed by atoms with Gasteiger partial charge in [0.1, 0.15) is 11.4 Å². The minimum atomic E-state index is -0.644. The number of fused-ring (bicyclic) bond motifs is 1. The second-order valence-electron chi connectivity index (χ2n) is 7.88. The lowest BCUT2D eigenvalue weighted by Crippen LogP contribution is -2.52. The van der Waals surface area contributed by atoms with Crippen molar-refractivity contribution in [2.75, 3.05) is 33.3 Å². The molecule has 1 aliphatic heterocycles. The number of piperazine rings is 1. The van der Waals surface area contributed by atoms with Crippen molar-refractivity contribution in [3.05, 3.63) is 66.1 Å². The lowest BCUT2D eigenvalue weighted by molar-refractivity contribution is -0.127. The van der Waals surface area contributed by atoms with Crippen LogP contribution >= 0.6 is 0 Å². The summed E-state index contributed by atoms with van der Waals surface area (Å²) in [6, 6.07) is 10.8. The molecule has 1 saturated heterocycles. The fraction of sp³-hybridized carbons (Fsp3) is 0.208. The lowest BCUT2D eigenvalue weighted by atomic mass is 10.1. The Labute approximate surface area is 194 Å². The van der Waals surface area contributed by atoms with Crippen molar-refractivity contribution in [1.29, 1.82) is 0 Å². The quantitative estimate of drug-likeness (QED) is 0.349. The molecule has 1 aliphatic rings. The molecule has 0 bridgehead atoms. The number of benzene rings is 1. The maximum atomic E-state index is 13.2. The van der Waals surface area contributed by atoms with E-state index in [0.717, 1.165) is 0 Å². The van der Waals surface area contributed by atoms with Gasteiger partial charge in [0.25, 0.3) is 17.6 Å². The number of pyridine rings is 1. The van der Waals surface area contributed by atoms with Gasteiger partial charge in [0, 0.05) is 44.1 Å². The largest absolute Gasteiger partial charge is 0.494 e. The van der Waals surface area contributed by atoms with E-state index < -0.39 is 11.7 Å². The number of hydrogen-bond acceptors (Lipinski definition) is 6. The first-order chi connectivity index (χ1) is 16.6. The van der Waals surface area contributed by atoms with Crippen LogP contribution in [0.5, 0.6) is 5.75 Å². The summed E-state index contributed by atoms with van der Waals surface area (Å²) < 4.78 is 5.43. The van der Waals surface area contributed by atoms with E-state index in [1.807, 2.05) is 18.2 Å². The fourth-order valence-electron chi connectivity index (χ4n) is 4.18. The second kappa shape index (κ2) is 8.81. The molecule has 2 N–H and O–H groups in total. The highest BCUT2D eigenvalue weighted by Crippen LogP contribution is 2.34. The van der Waals surface area contributed by atoms with E-state index in [0.29, 0.717) is 46.7 Å². The van der Waals surface area contributed by atoms with Gasteiger partial charge in [0.15, 0.2) is 0 Å². The minimum absolute atomic E-state index is 0.0840. The Morgan fingerprint density at radius 3 is 2.41 bits per heavy atom. The molecule has 1 fully saturated rings. The zero-order valence-corrected chi connectivity index (χ0v) is 18.4. The topological polar surface area (TPSA) is 124 Å². The second-order valence-corrected chi connectivity index (χ2v) is 7.88. The third-order valence-electron chi connectivity index (χ3n) is 5.96. The third kappa shape index (κ3) is 3.68. The zero-order chi connectivity index (χ0) is 23.7. The van der Waals surface area contributed by atoms with Gasteiger partial charge in [0.2, 0.25) is 0 Å². The highest BCUT2D eigenvalue weighted by Gasteiger charge is 2.31. The number of carbonyl (C=O) groups is 3. The maximum Gasteiger partial charge on any atom is 0.295 e. The molecule has 1 aromatic carbocycles. The van der Waals surface area contributed by atoms with Crippen molar-refractivity contribution in [2.24, 2.45) is 0 Å². The van der Waals surface area contributed by atoms with Crippen LogP contribution in [0.25, 0.3) is 22.3 Å². The summed E-state index contributed by atoms with van der Waals surface area (Å²) in [6.45, 7) is 1.28. The Hall–Kier alpha value is -4.47. The van der Waals surface area contributed by atoms with Gasteiger partial charge < -0.3 is 19.5 Å². The molecule has 34 heavy (non-hydrogen) atoms. The Bertz CT molecular complexity index is 1360. The molecule has 0 unspecified atom stereocenters. The molecular weight excluding hydrogens is 436 g/mol. The van der Waals surface area contributed by atoms with E-state index in [1.165, 1.54) is 24.4 Å². The number of hydrogen-bond donors (Lipinski definition) is 2. The predicted octanol–water partition coefficient (Wildman–Crippen LogP) is 2.13. The average molecular weight is 458 g/mol. The van der Waals surface area contributed by atoms with Gasteiger partial charge in [-0.05, 0) is 18.2 Å². The molecule has 172 valence electrons. The van der Waals surface area contributed by atoms with Crippen molar-refractivity contribution in [3.8, 4) is 17.1 Å². The fourth-order valence-corrected chi connectivity index (χ4v) is 4.18. The van der Waals surface area contributed by atoms with E-state index in [4.69, 9.17) is 4.74 Å². The molecule has 0 saturated carbocycles. The van der Waals surface area contributed by atoms with Crippen molar-refractivity contribution >= 4 is 28.5 Å². The molecule has 0 spiro atoms. The first kappa shape index (κ1) is 21.4. The van der Waals surface area contributed by atoms with Crippen LogP contribution in [0, 0.1) is 0 Å². The zero-order valence-electron chi connectivity index (χ0n) is 18.4. The monoisotopic (exact) mass is 458 g/mol. The molecule has 5 rings (SSSR count). The van der Waals surface area contributed by atoms with Crippen LogP contribution in [0.3, 0.4) is 0 Å². The Morgan fingerprint density at radius 2 is 1.74 bits per heavy atom. The van der Waals surface area contributed by atoms with Crippen molar-refractivity contribution < 1.29 is 19.1 Å². The van der Waals surface area contributed by atoms with Crippen molar-refractivity contribution in [3.63, 3.8) is 0 Å². The highest BCUT2D eigenvalue weighted by atomic mass is 16.5. The molecule has 2 amide bonds. The summed E-state index contributed by atoms with van der Waals surface area (Å²) in [6.07, 6.45) is 4.62. The number of aromatic nitrogens is 4. The molecule has 3 aromatic heterocycles. The molecule has 4 heterocycles. The van der Waals surface area contributed by atoms with E-state index in [9.17, 15) is 14.4 Å². The van der Waals surface area contributed by atoms with Crippen LogP contribution in [0.15, 0.2) is 55.0 Å². The number of methoxy groups -OCH3 is 1. The number of ketones is 1. The van der Waals surface area contributed by atoms with Gasteiger partial charge in [-0.3, -0.25) is 19.5 Å². The number of aromatic amines is 2. The number of nitrogens with one attached hydrogen (secondary N) is 2. The summed E-state index contributed by atoms with van der Waals surface area (Å²) in [5.41, 5.74) is 2.61. The lowest BCUT2D eigenvalue weighted by Gasteiger charge is -2.34.